The number of rotatable bonds is 4. The Morgan fingerprint density at radius 3 is 2.74 bits per heavy atom. The Hall–Kier alpha value is -1.48. The number of ketones is 1. The SMILES string of the molecule is O=C(CCc1nc2c(s1)CCCC2)c1ccccc1. The van der Waals surface area contributed by atoms with E-state index >= 15 is 0 Å². The second-order valence-electron chi connectivity index (χ2n) is 4.97. The molecule has 3 rings (SSSR count). The topological polar surface area (TPSA) is 30.0 Å². The number of hydrogen-bond acceptors (Lipinski definition) is 3. The van der Waals surface area contributed by atoms with Crippen molar-refractivity contribution in [3.63, 3.8) is 0 Å². The van der Waals surface area contributed by atoms with E-state index in [9.17, 15) is 4.79 Å². The van der Waals surface area contributed by atoms with Gasteiger partial charge in [-0.15, -0.1) is 11.3 Å². The first-order valence-corrected chi connectivity index (χ1v) is 7.70. The van der Waals surface area contributed by atoms with Crippen LogP contribution in [0.3, 0.4) is 0 Å². The Labute approximate surface area is 117 Å². The number of carbonyl (C=O) groups is 1. The van der Waals surface area contributed by atoms with Crippen LogP contribution in [0.5, 0.6) is 0 Å². The first-order valence-electron chi connectivity index (χ1n) is 6.88. The van der Waals surface area contributed by atoms with Gasteiger partial charge in [-0.25, -0.2) is 4.98 Å². The molecule has 0 saturated carbocycles. The third-order valence-corrected chi connectivity index (χ3v) is 4.77. The number of nitrogens with zero attached hydrogens (tertiary/aromatic N) is 1. The van der Waals surface area contributed by atoms with Gasteiger partial charge in [0.15, 0.2) is 5.78 Å². The summed E-state index contributed by atoms with van der Waals surface area (Å²) in [5.74, 6) is 0.216. The maximum atomic E-state index is 12.0. The van der Waals surface area contributed by atoms with Crippen LogP contribution < -0.4 is 0 Å². The van der Waals surface area contributed by atoms with Crippen molar-refractivity contribution in [3.05, 3.63) is 51.5 Å². The summed E-state index contributed by atoms with van der Waals surface area (Å²) >= 11 is 1.81. The molecule has 0 amide bonds. The number of benzene rings is 1. The van der Waals surface area contributed by atoms with Crippen molar-refractivity contribution < 1.29 is 4.79 Å². The van der Waals surface area contributed by atoms with Gasteiger partial charge in [0.25, 0.3) is 0 Å². The number of thiazole rings is 1. The van der Waals surface area contributed by atoms with Gasteiger partial charge in [-0.05, 0) is 25.7 Å². The summed E-state index contributed by atoms with van der Waals surface area (Å²) in [6, 6.07) is 9.53. The van der Waals surface area contributed by atoms with Crippen LogP contribution in [0, 0.1) is 0 Å². The summed E-state index contributed by atoms with van der Waals surface area (Å²) in [6.07, 6.45) is 6.20. The normalized spacial score (nSPS) is 14.1. The summed E-state index contributed by atoms with van der Waals surface area (Å²) in [6.45, 7) is 0. The average Bonchev–Trinajstić information content (AvgIpc) is 2.88. The van der Waals surface area contributed by atoms with Gasteiger partial charge in [0.2, 0.25) is 0 Å². The van der Waals surface area contributed by atoms with E-state index in [1.165, 1.54) is 29.8 Å². The van der Waals surface area contributed by atoms with Crippen molar-refractivity contribution in [2.75, 3.05) is 0 Å². The van der Waals surface area contributed by atoms with Gasteiger partial charge in [-0.1, -0.05) is 30.3 Å². The fourth-order valence-corrected chi connectivity index (χ4v) is 3.66. The molecule has 19 heavy (non-hydrogen) atoms. The number of aryl methyl sites for hydroxylation is 3. The highest BCUT2D eigenvalue weighted by Gasteiger charge is 2.15. The van der Waals surface area contributed by atoms with Gasteiger partial charge in [-0.2, -0.15) is 0 Å². The Kier molecular flexibility index (Phi) is 3.74. The second kappa shape index (κ2) is 5.66. The molecular weight excluding hydrogens is 254 g/mol. The standard InChI is InChI=1S/C16H17NOS/c18-14(12-6-2-1-3-7-12)10-11-16-17-13-8-4-5-9-15(13)19-16/h1-3,6-7H,4-5,8-11H2. The van der Waals surface area contributed by atoms with Gasteiger partial charge in [0, 0.05) is 23.3 Å². The maximum Gasteiger partial charge on any atom is 0.163 e. The molecule has 1 aliphatic rings. The summed E-state index contributed by atoms with van der Waals surface area (Å²) in [4.78, 5) is 18.2. The van der Waals surface area contributed by atoms with E-state index in [-0.39, 0.29) is 5.78 Å². The monoisotopic (exact) mass is 271 g/mol. The van der Waals surface area contributed by atoms with E-state index < -0.39 is 0 Å². The molecule has 0 bridgehead atoms. The lowest BCUT2D eigenvalue weighted by Crippen LogP contribution is -2.01. The minimum absolute atomic E-state index is 0.216. The molecule has 1 heterocycles. The second-order valence-corrected chi connectivity index (χ2v) is 6.14. The Bertz CT molecular complexity index is 550. The summed E-state index contributed by atoms with van der Waals surface area (Å²) in [5.41, 5.74) is 2.10. The zero-order valence-corrected chi connectivity index (χ0v) is 11.7. The van der Waals surface area contributed by atoms with Crippen molar-refractivity contribution in [1.29, 1.82) is 0 Å². The van der Waals surface area contributed by atoms with Gasteiger partial charge < -0.3 is 0 Å². The van der Waals surface area contributed by atoms with E-state index in [2.05, 4.69) is 4.98 Å². The molecular formula is C16H17NOS. The van der Waals surface area contributed by atoms with E-state index in [1.807, 2.05) is 41.7 Å². The quantitative estimate of drug-likeness (QED) is 0.791. The fourth-order valence-electron chi connectivity index (χ4n) is 2.50. The van der Waals surface area contributed by atoms with E-state index in [0.29, 0.717) is 6.42 Å². The molecule has 0 saturated heterocycles. The summed E-state index contributed by atoms with van der Waals surface area (Å²) < 4.78 is 0. The lowest BCUT2D eigenvalue weighted by molar-refractivity contribution is 0.0983. The van der Waals surface area contributed by atoms with Crippen LogP contribution in [0.25, 0.3) is 0 Å². The van der Waals surface area contributed by atoms with Crippen molar-refractivity contribution >= 4 is 17.1 Å². The lowest BCUT2D eigenvalue weighted by Gasteiger charge is -2.06. The van der Waals surface area contributed by atoms with Gasteiger partial charge >= 0.3 is 0 Å². The minimum Gasteiger partial charge on any atom is -0.294 e. The first-order chi connectivity index (χ1) is 9.33. The maximum absolute atomic E-state index is 12.0. The summed E-state index contributed by atoms with van der Waals surface area (Å²) in [7, 11) is 0. The van der Waals surface area contributed by atoms with Crippen LogP contribution >= 0.6 is 11.3 Å². The molecule has 2 aromatic rings. The molecule has 0 spiro atoms. The number of hydrogen-bond donors (Lipinski definition) is 0. The zero-order valence-electron chi connectivity index (χ0n) is 10.9. The molecule has 1 aromatic heterocycles. The highest BCUT2D eigenvalue weighted by atomic mass is 32.1. The van der Waals surface area contributed by atoms with E-state index in [1.54, 1.807) is 0 Å². The number of Topliss-reactive ketones (excluding diaryl/α,β-unsaturated/α-hetero) is 1. The molecule has 1 aromatic carbocycles. The molecule has 0 unspecified atom stereocenters. The van der Waals surface area contributed by atoms with Crippen molar-refractivity contribution in [3.8, 4) is 0 Å². The predicted molar refractivity (Wildman–Crippen MR) is 77.8 cm³/mol. The van der Waals surface area contributed by atoms with Crippen molar-refractivity contribution in [2.45, 2.75) is 38.5 Å². The van der Waals surface area contributed by atoms with Crippen LogP contribution in [0.1, 0.15) is 45.2 Å². The highest BCUT2D eigenvalue weighted by molar-refractivity contribution is 7.11. The molecule has 98 valence electrons. The number of aromatic nitrogens is 1. The van der Waals surface area contributed by atoms with Crippen LogP contribution in [-0.2, 0) is 19.3 Å². The highest BCUT2D eigenvalue weighted by Crippen LogP contribution is 2.27. The lowest BCUT2D eigenvalue weighted by atomic mass is 10.0. The van der Waals surface area contributed by atoms with Gasteiger partial charge in [-0.3, -0.25) is 4.79 Å². The van der Waals surface area contributed by atoms with Crippen LogP contribution in [0.2, 0.25) is 0 Å². The third kappa shape index (κ3) is 2.92. The van der Waals surface area contributed by atoms with Crippen molar-refractivity contribution in [2.24, 2.45) is 0 Å². The van der Waals surface area contributed by atoms with Crippen LogP contribution in [-0.4, -0.2) is 10.8 Å². The van der Waals surface area contributed by atoms with Crippen LogP contribution in [0.4, 0.5) is 0 Å². The zero-order chi connectivity index (χ0) is 13.1. The van der Waals surface area contributed by atoms with Gasteiger partial charge in [0.1, 0.15) is 0 Å². The number of carbonyl (C=O) groups excluding carboxylic acids is 1. The number of fused-ring (bicyclic) bond motifs is 1. The van der Waals surface area contributed by atoms with E-state index in [0.717, 1.165) is 23.4 Å². The first kappa shape index (κ1) is 12.5. The molecule has 0 N–H and O–H groups in total. The average molecular weight is 271 g/mol. The molecule has 0 aliphatic heterocycles. The predicted octanol–water partition coefficient (Wildman–Crippen LogP) is 3.84. The Balaban J connectivity index is 1.63. The largest absolute Gasteiger partial charge is 0.294 e. The Morgan fingerprint density at radius 2 is 1.95 bits per heavy atom. The fraction of sp³-hybridized carbons (Fsp3) is 0.375. The molecule has 1 aliphatic carbocycles. The van der Waals surface area contributed by atoms with Crippen molar-refractivity contribution in [1.82, 2.24) is 4.98 Å². The molecule has 0 radical (unpaired) electrons. The molecule has 0 atom stereocenters. The van der Waals surface area contributed by atoms with Crippen LogP contribution in [0.15, 0.2) is 30.3 Å². The third-order valence-electron chi connectivity index (χ3n) is 3.55. The molecule has 0 fully saturated rings. The molecule has 2 nitrogen and oxygen atoms in total. The smallest absolute Gasteiger partial charge is 0.163 e. The Morgan fingerprint density at radius 1 is 1.16 bits per heavy atom. The molecule has 3 heteroatoms. The van der Waals surface area contributed by atoms with Gasteiger partial charge in [0.05, 0.1) is 10.7 Å². The minimum atomic E-state index is 0.216. The summed E-state index contributed by atoms with van der Waals surface area (Å²) in [5, 5.41) is 1.14. The van der Waals surface area contributed by atoms with E-state index in [4.69, 9.17) is 0 Å².